The third-order valence-electron chi connectivity index (χ3n) is 14.6. The molecule has 15 rings (SSSR count). The second-order valence-corrected chi connectivity index (χ2v) is 18.4. The summed E-state index contributed by atoms with van der Waals surface area (Å²) in [5.74, 6) is 2.31. The quantitative estimate of drug-likeness (QED) is 0.175. The molecule has 0 radical (unpaired) electrons. The molecular formula is C62H37N5O2. The highest BCUT2D eigenvalue weighted by Crippen LogP contribution is 2.51. The molecule has 4 heterocycles. The Hall–Kier alpha value is -9.12. The monoisotopic (exact) mass is 883 g/mol. The van der Waals surface area contributed by atoms with Crippen LogP contribution >= 0.6 is 0 Å². The Morgan fingerprint density at radius 3 is 2.07 bits per heavy atom. The zero-order valence-electron chi connectivity index (χ0n) is 37.1. The predicted molar refractivity (Wildman–Crippen MR) is 278 cm³/mol. The van der Waals surface area contributed by atoms with Crippen LogP contribution < -0.4 is 0 Å². The van der Waals surface area contributed by atoms with Crippen LogP contribution in [0.5, 0.6) is 0 Å². The van der Waals surface area contributed by atoms with E-state index < -0.39 is 0 Å². The third kappa shape index (κ3) is 5.57. The van der Waals surface area contributed by atoms with E-state index >= 15 is 0 Å². The molecule has 0 N–H and O–H groups in total. The Morgan fingerprint density at radius 1 is 0.565 bits per heavy atom. The molecule has 0 spiro atoms. The van der Waals surface area contributed by atoms with Crippen molar-refractivity contribution in [3.05, 3.63) is 210 Å². The van der Waals surface area contributed by atoms with Gasteiger partial charge >= 0.3 is 0 Å². The number of aromatic nitrogens is 4. The number of furan rings is 2. The molecule has 0 saturated carbocycles. The highest BCUT2D eigenvalue weighted by Gasteiger charge is 2.36. The molecule has 1 unspecified atom stereocenters. The van der Waals surface area contributed by atoms with Gasteiger partial charge in [0.2, 0.25) is 0 Å². The van der Waals surface area contributed by atoms with Gasteiger partial charge in [-0.1, -0.05) is 121 Å². The maximum Gasteiger partial charge on any atom is 0.167 e. The Balaban J connectivity index is 1.02. The maximum atomic E-state index is 10.0. The van der Waals surface area contributed by atoms with Crippen molar-refractivity contribution in [2.45, 2.75) is 25.2 Å². The van der Waals surface area contributed by atoms with E-state index in [-0.39, 0.29) is 5.92 Å². The summed E-state index contributed by atoms with van der Waals surface area (Å²) in [5, 5.41) is 22.1. The molecule has 1 atom stereocenters. The van der Waals surface area contributed by atoms with Gasteiger partial charge in [-0.15, -0.1) is 0 Å². The van der Waals surface area contributed by atoms with Crippen LogP contribution in [0.2, 0.25) is 0 Å². The minimum atomic E-state index is -0.308. The molecule has 0 fully saturated rings. The Kier molecular flexibility index (Phi) is 7.96. The van der Waals surface area contributed by atoms with Gasteiger partial charge in [0, 0.05) is 43.7 Å². The lowest BCUT2D eigenvalue weighted by Crippen LogP contribution is -2.16. The van der Waals surface area contributed by atoms with Crippen molar-refractivity contribution in [3.63, 3.8) is 0 Å². The number of fused-ring (bicyclic) bond motifs is 16. The Bertz CT molecular complexity index is 4480. The van der Waals surface area contributed by atoms with Gasteiger partial charge in [0.15, 0.2) is 11.6 Å². The molecule has 7 heteroatoms. The molecule has 0 amide bonds. The number of allylic oxidation sites excluding steroid dienone is 4. The van der Waals surface area contributed by atoms with E-state index in [1.807, 2.05) is 30.3 Å². The molecule has 322 valence electrons. The van der Waals surface area contributed by atoms with Gasteiger partial charge in [-0.3, -0.25) is 0 Å². The summed E-state index contributed by atoms with van der Waals surface area (Å²) in [5.41, 5.74) is 11.5. The summed E-state index contributed by atoms with van der Waals surface area (Å²) >= 11 is 0. The summed E-state index contributed by atoms with van der Waals surface area (Å²) in [7, 11) is 0. The fourth-order valence-electron chi connectivity index (χ4n) is 11.6. The van der Waals surface area contributed by atoms with E-state index in [1.165, 1.54) is 27.5 Å². The number of nitriles is 1. The van der Waals surface area contributed by atoms with Crippen molar-refractivity contribution >= 4 is 92.6 Å². The van der Waals surface area contributed by atoms with Crippen LogP contribution in [-0.2, 0) is 0 Å². The minimum absolute atomic E-state index is 0.308. The Morgan fingerprint density at radius 2 is 1.28 bits per heavy atom. The molecule has 9 aromatic carbocycles. The molecular weight excluding hydrogens is 847 g/mol. The van der Waals surface area contributed by atoms with Crippen LogP contribution in [0, 0.1) is 11.3 Å². The van der Waals surface area contributed by atoms with E-state index in [0.717, 1.165) is 112 Å². The van der Waals surface area contributed by atoms with Crippen molar-refractivity contribution < 1.29 is 8.83 Å². The number of para-hydroxylation sites is 1. The summed E-state index contributed by atoms with van der Waals surface area (Å²) in [6.45, 7) is 0. The largest absolute Gasteiger partial charge is 0.460 e. The van der Waals surface area contributed by atoms with Gasteiger partial charge in [0.25, 0.3) is 0 Å². The van der Waals surface area contributed by atoms with Crippen molar-refractivity contribution in [2.24, 2.45) is 0 Å². The minimum Gasteiger partial charge on any atom is -0.460 e. The molecule has 13 aromatic rings. The number of hydrogen-bond donors (Lipinski definition) is 0. The molecule has 69 heavy (non-hydrogen) atoms. The number of nitrogens with zero attached hydrogens (tertiary/aromatic N) is 5. The molecule has 0 bridgehead atoms. The van der Waals surface area contributed by atoms with Gasteiger partial charge in [0.05, 0.1) is 34.1 Å². The normalized spacial score (nSPS) is 14.8. The summed E-state index contributed by atoms with van der Waals surface area (Å²) in [6, 6.07) is 61.3. The molecule has 4 aromatic heterocycles. The lowest BCUT2D eigenvalue weighted by molar-refractivity contribution is 0.500. The Labute approximate surface area is 394 Å². The SMILES string of the molecule is N#Cc1ccc2c3cc(-c4nc(-c5cc6ccccc6c6c5oc5ccc7ccccc7c56)nc(C5CC6=C(CCC=C6)c6c5oc5ccc7ccccc7c65)n4)ccc3n(-c3ccccc3)c2c1. The van der Waals surface area contributed by atoms with E-state index in [9.17, 15) is 5.26 Å². The van der Waals surface area contributed by atoms with E-state index in [1.54, 1.807) is 0 Å². The second kappa shape index (κ2) is 14.4. The van der Waals surface area contributed by atoms with Crippen LogP contribution in [0.1, 0.15) is 47.9 Å². The number of benzene rings is 9. The average Bonchev–Trinajstić information content (AvgIpc) is 4.11. The maximum absolute atomic E-state index is 10.0. The molecule has 7 nitrogen and oxygen atoms in total. The zero-order chi connectivity index (χ0) is 45.3. The number of rotatable bonds is 4. The van der Waals surface area contributed by atoms with Crippen LogP contribution in [0.3, 0.4) is 0 Å². The molecule has 2 aliphatic rings. The van der Waals surface area contributed by atoms with Gasteiger partial charge in [-0.05, 0) is 123 Å². The summed E-state index contributed by atoms with van der Waals surface area (Å²) < 4.78 is 16.3. The smallest absolute Gasteiger partial charge is 0.167 e. The standard InChI is InChI=1S/C62H37N5O2/c63-34-35-22-26-46-47-33-40(23-27-50(47)67(51(46)30-35)41-16-2-1-3-17-41)60-64-61(48-31-38-14-6-10-20-44(38)56-54-42-18-8-4-12-36(42)24-28-52(54)68-58(48)56)66-62(65-60)49-32-39-15-7-11-21-45(39)57-55-43-19-9-5-13-37(43)25-29-53(55)69-59(49)57/h1-10,12-20,22-31,33,49H,11,21,32H2. The fourth-order valence-corrected chi connectivity index (χ4v) is 11.6. The van der Waals surface area contributed by atoms with Crippen LogP contribution in [0.4, 0.5) is 0 Å². The average molecular weight is 884 g/mol. The van der Waals surface area contributed by atoms with Gasteiger partial charge in [-0.2, -0.15) is 5.26 Å². The van der Waals surface area contributed by atoms with E-state index in [2.05, 4.69) is 162 Å². The zero-order valence-corrected chi connectivity index (χ0v) is 37.1. The van der Waals surface area contributed by atoms with Crippen LogP contribution in [0.15, 0.2) is 196 Å². The van der Waals surface area contributed by atoms with Gasteiger partial charge in [0.1, 0.15) is 28.3 Å². The van der Waals surface area contributed by atoms with Crippen molar-refractivity contribution in [2.75, 3.05) is 0 Å². The lowest BCUT2D eigenvalue weighted by atomic mass is 9.77. The van der Waals surface area contributed by atoms with E-state index in [4.69, 9.17) is 23.8 Å². The summed E-state index contributed by atoms with van der Waals surface area (Å²) in [4.78, 5) is 16.6. The van der Waals surface area contributed by atoms with Crippen LogP contribution in [-0.4, -0.2) is 19.5 Å². The van der Waals surface area contributed by atoms with E-state index in [0.29, 0.717) is 29.5 Å². The molecule has 2 aliphatic carbocycles. The first-order chi connectivity index (χ1) is 34.1. The fraction of sp³-hybridized carbons (Fsp3) is 0.0645. The summed E-state index contributed by atoms with van der Waals surface area (Å²) in [6.07, 6.45) is 7.21. The van der Waals surface area contributed by atoms with Crippen molar-refractivity contribution in [3.8, 4) is 34.5 Å². The van der Waals surface area contributed by atoms with Crippen LogP contribution in [0.25, 0.3) is 121 Å². The number of hydrogen-bond acceptors (Lipinski definition) is 6. The van der Waals surface area contributed by atoms with Crippen molar-refractivity contribution in [1.29, 1.82) is 5.26 Å². The highest BCUT2D eigenvalue weighted by molar-refractivity contribution is 6.28. The highest BCUT2D eigenvalue weighted by atomic mass is 16.3. The lowest BCUT2D eigenvalue weighted by Gasteiger charge is -2.27. The molecule has 0 aliphatic heterocycles. The van der Waals surface area contributed by atoms with Gasteiger partial charge < -0.3 is 13.4 Å². The third-order valence-corrected chi connectivity index (χ3v) is 14.6. The van der Waals surface area contributed by atoms with Gasteiger partial charge in [-0.25, -0.2) is 15.0 Å². The van der Waals surface area contributed by atoms with Crippen molar-refractivity contribution in [1.82, 2.24) is 19.5 Å². The first-order valence-electron chi connectivity index (χ1n) is 23.5. The first-order valence-corrected chi connectivity index (χ1v) is 23.5. The predicted octanol–water partition coefficient (Wildman–Crippen LogP) is 15.9. The topological polar surface area (TPSA) is 93.7 Å². The first kappa shape index (κ1) is 38.0. The molecule has 0 saturated heterocycles. The second-order valence-electron chi connectivity index (χ2n) is 18.4.